The number of carbonyl (C=O) groups is 1. The van der Waals surface area contributed by atoms with Crippen molar-refractivity contribution in [2.45, 2.75) is 51.9 Å². The van der Waals surface area contributed by atoms with Crippen LogP contribution in [0.4, 0.5) is 14.7 Å². The summed E-state index contributed by atoms with van der Waals surface area (Å²) in [5, 5.41) is 6.48. The number of aromatic nitrogens is 4. The molecule has 0 amide bonds. The average molecular weight is 420 g/mol. The number of nitrogen functional groups attached to an aromatic ring is 1. The van der Waals surface area contributed by atoms with Crippen molar-refractivity contribution < 1.29 is 27.6 Å². The molecule has 0 spiro atoms. The average Bonchev–Trinajstić information content (AvgIpc) is 3.02. The summed E-state index contributed by atoms with van der Waals surface area (Å²) in [6, 6.07) is -0.846. The van der Waals surface area contributed by atoms with Gasteiger partial charge >= 0.3 is 5.97 Å². The van der Waals surface area contributed by atoms with Gasteiger partial charge in [-0.2, -0.15) is 9.61 Å². The molecule has 0 bridgehead atoms. The van der Waals surface area contributed by atoms with Crippen LogP contribution in [0.25, 0.3) is 5.65 Å². The molecule has 0 aromatic carbocycles. The van der Waals surface area contributed by atoms with Crippen LogP contribution in [-0.4, -0.2) is 56.6 Å². The first-order valence-electron chi connectivity index (χ1n) is 8.51. The summed E-state index contributed by atoms with van der Waals surface area (Å²) in [5.41, 5.74) is 6.33. The van der Waals surface area contributed by atoms with Crippen LogP contribution in [-0.2, 0) is 25.3 Å². The van der Waals surface area contributed by atoms with Crippen molar-refractivity contribution in [2.75, 3.05) is 12.1 Å². The fourth-order valence-electron chi connectivity index (χ4n) is 2.32. The summed E-state index contributed by atoms with van der Waals surface area (Å²) in [6.07, 6.45) is -2.79. The third kappa shape index (κ3) is 5.91. The summed E-state index contributed by atoms with van der Waals surface area (Å²) in [7, 11) is -2.65. The summed E-state index contributed by atoms with van der Waals surface area (Å²) in [5.74, 6) is -0.510. The van der Waals surface area contributed by atoms with Gasteiger partial charge in [-0.05, 0) is 20.8 Å². The zero-order chi connectivity index (χ0) is 20.8. The molecule has 3 atom stereocenters. The number of anilines is 1. The summed E-state index contributed by atoms with van der Waals surface area (Å²) in [6.45, 7) is 4.84. The monoisotopic (exact) mass is 420 g/mol. The van der Waals surface area contributed by atoms with Crippen molar-refractivity contribution in [1.82, 2.24) is 24.7 Å². The molecule has 0 saturated carbocycles. The lowest BCUT2D eigenvalue weighted by atomic mass is 10.1. The SMILES string of the molecule is CC(C)OC(=O)[C@H](C)N[PH](=O)COC(Cc1cnn2c(N)ncnc12)C(F)F. The number of nitrogens with one attached hydrogen (secondary N) is 1. The van der Waals surface area contributed by atoms with Gasteiger partial charge in [0, 0.05) is 12.0 Å². The molecule has 0 aliphatic carbocycles. The second-order valence-corrected chi connectivity index (χ2v) is 7.72. The van der Waals surface area contributed by atoms with Crippen LogP contribution >= 0.6 is 7.95 Å². The fourth-order valence-corrected chi connectivity index (χ4v) is 3.37. The van der Waals surface area contributed by atoms with Gasteiger partial charge < -0.3 is 19.8 Å². The van der Waals surface area contributed by atoms with E-state index in [9.17, 15) is 18.1 Å². The van der Waals surface area contributed by atoms with Gasteiger partial charge in [-0.1, -0.05) is 0 Å². The molecule has 0 saturated heterocycles. The second kappa shape index (κ2) is 9.85. The highest BCUT2D eigenvalue weighted by molar-refractivity contribution is 7.42. The smallest absolute Gasteiger partial charge is 0.323 e. The molecule has 156 valence electrons. The van der Waals surface area contributed by atoms with Crippen molar-refractivity contribution in [3.63, 3.8) is 0 Å². The molecule has 10 nitrogen and oxygen atoms in total. The van der Waals surface area contributed by atoms with Crippen molar-refractivity contribution in [1.29, 1.82) is 0 Å². The summed E-state index contributed by atoms with van der Waals surface area (Å²) >= 11 is 0. The van der Waals surface area contributed by atoms with Gasteiger partial charge in [0.2, 0.25) is 5.95 Å². The van der Waals surface area contributed by atoms with Gasteiger partial charge in [0.1, 0.15) is 24.8 Å². The van der Waals surface area contributed by atoms with Gasteiger partial charge in [0.05, 0.1) is 12.3 Å². The highest BCUT2D eigenvalue weighted by Gasteiger charge is 2.25. The highest BCUT2D eigenvalue weighted by atomic mass is 31.1. The van der Waals surface area contributed by atoms with Crippen LogP contribution in [0.15, 0.2) is 12.5 Å². The van der Waals surface area contributed by atoms with E-state index in [1.54, 1.807) is 13.8 Å². The van der Waals surface area contributed by atoms with Crippen LogP contribution < -0.4 is 10.8 Å². The van der Waals surface area contributed by atoms with Crippen molar-refractivity contribution >= 4 is 25.5 Å². The Balaban J connectivity index is 1.95. The Morgan fingerprint density at radius 2 is 2.07 bits per heavy atom. The predicted octanol–water partition coefficient (Wildman–Crippen LogP) is 1.26. The number of hydrogen-bond donors (Lipinski definition) is 2. The Morgan fingerprint density at radius 3 is 2.71 bits per heavy atom. The van der Waals surface area contributed by atoms with E-state index < -0.39 is 38.8 Å². The van der Waals surface area contributed by atoms with Gasteiger partial charge in [-0.3, -0.25) is 9.88 Å². The van der Waals surface area contributed by atoms with Crippen molar-refractivity contribution in [3.05, 3.63) is 18.1 Å². The number of alkyl halides is 2. The molecule has 0 aliphatic rings. The quantitative estimate of drug-likeness (QED) is 0.430. The van der Waals surface area contributed by atoms with Gasteiger partial charge in [-0.15, -0.1) is 0 Å². The number of nitrogens with zero attached hydrogens (tertiary/aromatic N) is 4. The minimum Gasteiger partial charge on any atom is -0.462 e. The molecule has 2 unspecified atom stereocenters. The molecule has 2 aromatic rings. The minimum absolute atomic E-state index is 0.0716. The van der Waals surface area contributed by atoms with E-state index in [0.29, 0.717) is 5.56 Å². The Labute approximate surface area is 160 Å². The Hall–Kier alpha value is -2.17. The van der Waals surface area contributed by atoms with E-state index in [1.807, 2.05) is 0 Å². The lowest BCUT2D eigenvalue weighted by molar-refractivity contribution is -0.148. The number of carbonyl (C=O) groups excluding carboxylic acids is 1. The summed E-state index contributed by atoms with van der Waals surface area (Å²) in [4.78, 5) is 19.4. The molecule has 2 heterocycles. The third-order valence-corrected chi connectivity index (χ3v) is 4.80. The topological polar surface area (TPSA) is 134 Å². The predicted molar refractivity (Wildman–Crippen MR) is 97.5 cm³/mol. The maximum absolute atomic E-state index is 13.4. The number of rotatable bonds is 10. The molecule has 13 heteroatoms. The standard InChI is InChI=1S/C15H23F2N6O4P/c1-8(2)27-14(24)9(3)22-28(25)7-26-11(12(16)17)4-10-5-21-23-13(10)19-6-20-15(23)18/h5-6,8-9,11-12,28H,4,7H2,1-3H3,(H,22,25)(H2,18,19,20)/t9-,11?/m0/s1. The van der Waals surface area contributed by atoms with Crippen LogP contribution in [0, 0.1) is 0 Å². The number of esters is 1. The molecule has 0 radical (unpaired) electrons. The molecule has 28 heavy (non-hydrogen) atoms. The Kier molecular flexibility index (Phi) is 7.78. The largest absolute Gasteiger partial charge is 0.462 e. The Bertz CT molecular complexity index is 834. The van der Waals surface area contributed by atoms with Crippen LogP contribution in [0.2, 0.25) is 0 Å². The number of fused-ring (bicyclic) bond motifs is 1. The second-order valence-electron chi connectivity index (χ2n) is 6.30. The number of halogens is 2. The zero-order valence-electron chi connectivity index (χ0n) is 15.6. The molecule has 0 fully saturated rings. The van der Waals surface area contributed by atoms with Crippen LogP contribution in [0.5, 0.6) is 0 Å². The molecular formula is C15H23F2N6O4P. The van der Waals surface area contributed by atoms with Crippen LogP contribution in [0.1, 0.15) is 26.3 Å². The number of hydrogen-bond acceptors (Lipinski definition) is 8. The van der Waals surface area contributed by atoms with Gasteiger partial charge in [0.15, 0.2) is 13.6 Å². The summed E-state index contributed by atoms with van der Waals surface area (Å²) < 4.78 is 50.1. The van der Waals surface area contributed by atoms with E-state index in [4.69, 9.17) is 15.2 Å². The first-order valence-corrected chi connectivity index (χ1v) is 10.1. The minimum atomic E-state index is -2.83. The Morgan fingerprint density at radius 1 is 1.36 bits per heavy atom. The lowest BCUT2D eigenvalue weighted by Crippen LogP contribution is -2.33. The van der Waals surface area contributed by atoms with E-state index in [-0.39, 0.29) is 24.1 Å². The van der Waals surface area contributed by atoms with Crippen LogP contribution in [0.3, 0.4) is 0 Å². The highest BCUT2D eigenvalue weighted by Crippen LogP contribution is 2.22. The normalized spacial score (nSPS) is 15.1. The van der Waals surface area contributed by atoms with E-state index in [1.165, 1.54) is 24.0 Å². The fraction of sp³-hybridized carbons (Fsp3) is 0.600. The van der Waals surface area contributed by atoms with Crippen molar-refractivity contribution in [3.8, 4) is 0 Å². The maximum Gasteiger partial charge on any atom is 0.323 e. The molecule has 2 aromatic heterocycles. The number of nitrogens with two attached hydrogens (primary N) is 1. The lowest BCUT2D eigenvalue weighted by Gasteiger charge is -2.18. The molecular weight excluding hydrogens is 397 g/mol. The molecule has 3 N–H and O–H groups in total. The van der Waals surface area contributed by atoms with Gasteiger partial charge in [0.25, 0.3) is 6.43 Å². The zero-order valence-corrected chi connectivity index (χ0v) is 16.6. The molecule has 0 aliphatic heterocycles. The van der Waals surface area contributed by atoms with E-state index >= 15 is 0 Å². The van der Waals surface area contributed by atoms with E-state index in [0.717, 1.165) is 0 Å². The van der Waals surface area contributed by atoms with E-state index in [2.05, 4.69) is 20.2 Å². The third-order valence-electron chi connectivity index (χ3n) is 3.62. The number of ether oxygens (including phenoxy) is 2. The van der Waals surface area contributed by atoms with Gasteiger partial charge in [-0.25, -0.2) is 18.7 Å². The maximum atomic E-state index is 13.4. The first kappa shape index (κ1) is 22.1. The molecule has 2 rings (SSSR count). The first-order chi connectivity index (χ1) is 13.2. The van der Waals surface area contributed by atoms with Crippen molar-refractivity contribution in [2.24, 2.45) is 0 Å².